The minimum atomic E-state index is -1.37. The van der Waals surface area contributed by atoms with Crippen LogP contribution in [0.3, 0.4) is 0 Å². The molecule has 2 N–H and O–H groups in total. The van der Waals surface area contributed by atoms with E-state index in [0.717, 1.165) is 12.0 Å². The molecule has 3 rings (SSSR count). The number of aryl methyl sites for hydroxylation is 1. The van der Waals surface area contributed by atoms with Crippen molar-refractivity contribution in [1.82, 2.24) is 10.2 Å². The van der Waals surface area contributed by atoms with Gasteiger partial charge in [-0.15, -0.1) is 11.3 Å². The van der Waals surface area contributed by atoms with Crippen molar-refractivity contribution >= 4 is 17.2 Å². The first-order valence-electron chi connectivity index (χ1n) is 8.48. The van der Waals surface area contributed by atoms with Gasteiger partial charge in [-0.25, -0.2) is 4.39 Å². The highest BCUT2D eigenvalue weighted by molar-refractivity contribution is 7.11. The molecule has 1 saturated heterocycles. The summed E-state index contributed by atoms with van der Waals surface area (Å²) in [7, 11) is 0. The van der Waals surface area contributed by atoms with E-state index < -0.39 is 5.60 Å². The summed E-state index contributed by atoms with van der Waals surface area (Å²) in [5.41, 5.74) is -0.508. The molecule has 1 unspecified atom stereocenters. The van der Waals surface area contributed by atoms with Crippen molar-refractivity contribution in [2.45, 2.75) is 38.5 Å². The maximum atomic E-state index is 13.0. The van der Waals surface area contributed by atoms with Crippen LogP contribution in [0.5, 0.6) is 0 Å². The molecule has 1 atom stereocenters. The van der Waals surface area contributed by atoms with Crippen LogP contribution in [0.15, 0.2) is 36.4 Å². The maximum absolute atomic E-state index is 13.0. The van der Waals surface area contributed by atoms with Crippen LogP contribution in [0, 0.1) is 12.7 Å². The fourth-order valence-electron chi connectivity index (χ4n) is 3.16. The summed E-state index contributed by atoms with van der Waals surface area (Å²) in [4.78, 5) is 16.8. The van der Waals surface area contributed by atoms with E-state index in [2.05, 4.69) is 24.4 Å². The number of piperidine rings is 1. The van der Waals surface area contributed by atoms with Gasteiger partial charge in [-0.3, -0.25) is 4.79 Å². The number of carbonyl (C=O) groups is 1. The molecule has 1 aromatic heterocycles. The summed E-state index contributed by atoms with van der Waals surface area (Å²) in [6, 6.07) is 10.2. The van der Waals surface area contributed by atoms with Gasteiger partial charge in [0.1, 0.15) is 5.82 Å². The zero-order valence-electron chi connectivity index (χ0n) is 14.3. The molecule has 1 aliphatic heterocycles. The topological polar surface area (TPSA) is 52.6 Å². The molecule has 0 spiro atoms. The van der Waals surface area contributed by atoms with Crippen LogP contribution >= 0.6 is 11.3 Å². The highest BCUT2D eigenvalue weighted by Crippen LogP contribution is 2.24. The first-order valence-corrected chi connectivity index (χ1v) is 9.30. The molecule has 1 aliphatic rings. The van der Waals surface area contributed by atoms with E-state index in [1.807, 2.05) is 0 Å². The van der Waals surface area contributed by atoms with Crippen LogP contribution in [0.1, 0.15) is 28.2 Å². The van der Waals surface area contributed by atoms with Gasteiger partial charge in [0.25, 0.3) is 5.91 Å². The molecule has 134 valence electrons. The number of hydrogen-bond acceptors (Lipinski definition) is 4. The second kappa shape index (κ2) is 7.64. The summed E-state index contributed by atoms with van der Waals surface area (Å²) in [5.74, 6) is -0.545. The van der Waals surface area contributed by atoms with E-state index in [1.165, 1.54) is 21.9 Å². The Bertz CT molecular complexity index is 731. The van der Waals surface area contributed by atoms with Gasteiger partial charge in [0.2, 0.25) is 0 Å². The molecule has 0 bridgehead atoms. The Balaban J connectivity index is 1.58. The number of halogens is 1. The van der Waals surface area contributed by atoms with Crippen LogP contribution in [0.2, 0.25) is 0 Å². The molecular formula is C19H23FN2O2S. The summed E-state index contributed by atoms with van der Waals surface area (Å²) < 4.78 is 13.0. The van der Waals surface area contributed by atoms with Gasteiger partial charge >= 0.3 is 0 Å². The molecule has 1 fully saturated rings. The van der Waals surface area contributed by atoms with Crippen LogP contribution in [-0.4, -0.2) is 34.6 Å². The van der Waals surface area contributed by atoms with Crippen LogP contribution in [-0.2, 0) is 17.9 Å². The first-order chi connectivity index (χ1) is 12.0. The minimum Gasteiger partial charge on any atom is -0.379 e. The smallest absolute Gasteiger partial charge is 0.256 e. The lowest BCUT2D eigenvalue weighted by atomic mass is 9.91. The lowest BCUT2D eigenvalue weighted by Gasteiger charge is -2.38. The second-order valence-electron chi connectivity index (χ2n) is 6.60. The number of amides is 1. The standard InChI is InChI=1S/C19H23FN2O2S/c1-14-3-8-17(25-14)11-21-13-19(24)9-2-10-22(18(19)23)12-15-4-6-16(20)7-5-15/h3-8,21,24H,2,9-13H2,1H3. The maximum Gasteiger partial charge on any atom is 0.256 e. The van der Waals surface area contributed by atoms with Crippen LogP contribution in [0.25, 0.3) is 0 Å². The largest absolute Gasteiger partial charge is 0.379 e. The second-order valence-corrected chi connectivity index (χ2v) is 7.98. The Morgan fingerprint density at radius 2 is 2.04 bits per heavy atom. The number of rotatable bonds is 6. The van der Waals surface area contributed by atoms with Crippen molar-refractivity contribution in [3.8, 4) is 0 Å². The first kappa shape index (κ1) is 18.0. The van der Waals surface area contributed by atoms with E-state index in [-0.39, 0.29) is 18.3 Å². The summed E-state index contributed by atoms with van der Waals surface area (Å²) >= 11 is 1.71. The quantitative estimate of drug-likeness (QED) is 0.831. The summed E-state index contributed by atoms with van der Waals surface area (Å²) in [6.07, 6.45) is 1.21. The number of hydrogen-bond donors (Lipinski definition) is 2. The number of nitrogens with zero attached hydrogens (tertiary/aromatic N) is 1. The van der Waals surface area contributed by atoms with Gasteiger partial charge in [-0.2, -0.15) is 0 Å². The van der Waals surface area contributed by atoms with E-state index in [1.54, 1.807) is 28.4 Å². The Morgan fingerprint density at radius 3 is 2.72 bits per heavy atom. The molecule has 1 aromatic carbocycles. The number of thiophene rings is 1. The van der Waals surface area contributed by atoms with Crippen molar-refractivity contribution in [2.24, 2.45) is 0 Å². The molecule has 2 aromatic rings. The molecule has 2 heterocycles. The minimum absolute atomic E-state index is 0.239. The monoisotopic (exact) mass is 362 g/mol. The molecule has 0 radical (unpaired) electrons. The van der Waals surface area contributed by atoms with Crippen LogP contribution < -0.4 is 5.32 Å². The van der Waals surface area contributed by atoms with Gasteiger partial charge in [0, 0.05) is 35.9 Å². The average Bonchev–Trinajstić information content (AvgIpc) is 2.99. The third-order valence-electron chi connectivity index (χ3n) is 4.50. The van der Waals surface area contributed by atoms with E-state index in [0.29, 0.717) is 26.1 Å². The van der Waals surface area contributed by atoms with E-state index in [4.69, 9.17) is 0 Å². The fourth-order valence-corrected chi connectivity index (χ4v) is 4.02. The molecule has 6 heteroatoms. The van der Waals surface area contributed by atoms with E-state index in [9.17, 15) is 14.3 Å². The SMILES string of the molecule is Cc1ccc(CNCC2(O)CCCN(Cc3ccc(F)cc3)C2=O)s1. The van der Waals surface area contributed by atoms with Gasteiger partial charge < -0.3 is 15.3 Å². The van der Waals surface area contributed by atoms with E-state index >= 15 is 0 Å². The van der Waals surface area contributed by atoms with Gasteiger partial charge in [0.15, 0.2) is 5.60 Å². The van der Waals surface area contributed by atoms with Crippen LogP contribution in [0.4, 0.5) is 4.39 Å². The lowest BCUT2D eigenvalue weighted by molar-refractivity contribution is -0.157. The molecule has 25 heavy (non-hydrogen) atoms. The zero-order valence-corrected chi connectivity index (χ0v) is 15.1. The molecule has 1 amide bonds. The number of benzene rings is 1. The van der Waals surface area contributed by atoms with Crippen molar-refractivity contribution in [2.75, 3.05) is 13.1 Å². The number of nitrogens with one attached hydrogen (secondary N) is 1. The van der Waals surface area contributed by atoms with Gasteiger partial charge in [0.05, 0.1) is 0 Å². The zero-order chi connectivity index (χ0) is 17.9. The predicted molar refractivity (Wildman–Crippen MR) is 96.8 cm³/mol. The van der Waals surface area contributed by atoms with Gasteiger partial charge in [-0.05, 0) is 49.6 Å². The Labute approximate surface area is 151 Å². The third kappa shape index (κ3) is 4.45. The van der Waals surface area contributed by atoms with Crippen molar-refractivity contribution < 1.29 is 14.3 Å². The Kier molecular flexibility index (Phi) is 5.51. The highest BCUT2D eigenvalue weighted by Gasteiger charge is 2.41. The summed E-state index contributed by atoms with van der Waals surface area (Å²) in [5, 5.41) is 14.0. The Morgan fingerprint density at radius 1 is 1.28 bits per heavy atom. The highest BCUT2D eigenvalue weighted by atomic mass is 32.1. The molecule has 0 saturated carbocycles. The normalized spacial score (nSPS) is 20.9. The third-order valence-corrected chi connectivity index (χ3v) is 5.50. The molecule has 4 nitrogen and oxygen atoms in total. The predicted octanol–water partition coefficient (Wildman–Crippen LogP) is 2.84. The number of likely N-dealkylation sites (tertiary alicyclic amines) is 1. The van der Waals surface area contributed by atoms with Crippen molar-refractivity contribution in [1.29, 1.82) is 0 Å². The molecular weight excluding hydrogens is 339 g/mol. The fraction of sp³-hybridized carbons (Fsp3) is 0.421. The van der Waals surface area contributed by atoms with Gasteiger partial charge in [-0.1, -0.05) is 12.1 Å². The Hall–Kier alpha value is -1.76. The number of carbonyl (C=O) groups excluding carboxylic acids is 1. The number of aliphatic hydroxyl groups is 1. The lowest BCUT2D eigenvalue weighted by Crippen LogP contribution is -2.57. The van der Waals surface area contributed by atoms with Crippen molar-refractivity contribution in [3.63, 3.8) is 0 Å². The molecule has 0 aliphatic carbocycles. The summed E-state index contributed by atoms with van der Waals surface area (Å²) in [6.45, 7) is 3.95. The average molecular weight is 362 g/mol. The van der Waals surface area contributed by atoms with Crippen molar-refractivity contribution in [3.05, 3.63) is 57.5 Å².